The van der Waals surface area contributed by atoms with Gasteiger partial charge >= 0.3 is 0 Å². The first kappa shape index (κ1) is 19.4. The predicted octanol–water partition coefficient (Wildman–Crippen LogP) is 5.58. The summed E-state index contributed by atoms with van der Waals surface area (Å²) in [4.78, 5) is 0.266. The van der Waals surface area contributed by atoms with Gasteiger partial charge in [-0.1, -0.05) is 78.4 Å². The number of benzene rings is 3. The third-order valence-corrected chi connectivity index (χ3v) is 6.77. The number of hydrogen-bond acceptors (Lipinski definition) is 2. The van der Waals surface area contributed by atoms with Gasteiger partial charge in [0.1, 0.15) is 0 Å². The molecule has 138 valence electrons. The number of halogens is 1. The van der Waals surface area contributed by atoms with Crippen LogP contribution in [0.5, 0.6) is 0 Å². The molecular weight excluding hydrogens is 422 g/mol. The van der Waals surface area contributed by atoms with Crippen molar-refractivity contribution in [1.29, 1.82) is 0 Å². The molecule has 3 aromatic carbocycles. The summed E-state index contributed by atoms with van der Waals surface area (Å²) in [5.41, 5.74) is 2.84. The Hall–Kier alpha value is -2.37. The largest absolute Gasteiger partial charge is 0.265 e. The molecule has 0 fully saturated rings. The SMILES string of the molecule is Cc1ccc(S(=O)(=O)N(Cc2ccccc2)/C(Br)=C\c2ccccc2)cc1. The molecular formula is C22H20BrNO2S. The molecule has 0 saturated heterocycles. The van der Waals surface area contributed by atoms with Crippen molar-refractivity contribution in [3.05, 3.63) is 106 Å². The van der Waals surface area contributed by atoms with Crippen molar-refractivity contribution in [2.45, 2.75) is 18.4 Å². The van der Waals surface area contributed by atoms with Crippen molar-refractivity contribution < 1.29 is 8.42 Å². The zero-order valence-corrected chi connectivity index (χ0v) is 17.3. The molecule has 0 aliphatic heterocycles. The monoisotopic (exact) mass is 441 g/mol. The highest BCUT2D eigenvalue weighted by atomic mass is 79.9. The standard InChI is InChI=1S/C22H20BrNO2S/c1-18-12-14-21(15-13-18)27(25,26)24(17-20-10-6-3-7-11-20)22(23)16-19-8-4-2-5-9-19/h2-16H,17H2,1H3/b22-16-. The van der Waals surface area contributed by atoms with Crippen LogP contribution in [0.1, 0.15) is 16.7 Å². The Balaban J connectivity index is 2.04. The lowest BCUT2D eigenvalue weighted by molar-refractivity contribution is 0.492. The Morgan fingerprint density at radius 3 is 2.04 bits per heavy atom. The molecule has 0 unspecified atom stereocenters. The minimum Gasteiger partial charge on any atom is -0.255 e. The minimum absolute atomic E-state index is 0.237. The van der Waals surface area contributed by atoms with Crippen LogP contribution >= 0.6 is 15.9 Å². The average Bonchev–Trinajstić information content (AvgIpc) is 2.68. The molecule has 0 atom stereocenters. The van der Waals surface area contributed by atoms with Crippen molar-refractivity contribution in [3.8, 4) is 0 Å². The molecule has 5 heteroatoms. The first-order valence-corrected chi connectivity index (χ1v) is 10.8. The summed E-state index contributed by atoms with van der Waals surface area (Å²) in [7, 11) is -3.72. The fourth-order valence-corrected chi connectivity index (χ4v) is 4.92. The van der Waals surface area contributed by atoms with Crippen molar-refractivity contribution in [2.24, 2.45) is 0 Å². The quantitative estimate of drug-likeness (QED) is 0.468. The molecule has 0 heterocycles. The first-order valence-electron chi connectivity index (χ1n) is 8.52. The zero-order valence-electron chi connectivity index (χ0n) is 14.9. The molecule has 0 radical (unpaired) electrons. The summed E-state index contributed by atoms with van der Waals surface area (Å²) in [6, 6.07) is 26.1. The average molecular weight is 442 g/mol. The van der Waals surface area contributed by atoms with Crippen molar-refractivity contribution in [2.75, 3.05) is 0 Å². The summed E-state index contributed by atoms with van der Waals surface area (Å²) in [6.45, 7) is 2.17. The summed E-state index contributed by atoms with van der Waals surface area (Å²) < 4.78 is 28.5. The second kappa shape index (κ2) is 8.55. The van der Waals surface area contributed by atoms with E-state index in [1.54, 1.807) is 12.1 Å². The van der Waals surface area contributed by atoms with Crippen LogP contribution < -0.4 is 0 Å². The lowest BCUT2D eigenvalue weighted by atomic mass is 10.2. The van der Waals surface area contributed by atoms with Gasteiger partial charge in [0.05, 0.1) is 16.0 Å². The molecule has 0 amide bonds. The Morgan fingerprint density at radius 1 is 0.889 bits per heavy atom. The minimum atomic E-state index is -3.72. The fourth-order valence-electron chi connectivity index (χ4n) is 2.62. The normalized spacial score (nSPS) is 12.0. The second-order valence-electron chi connectivity index (χ2n) is 6.19. The van der Waals surface area contributed by atoms with Crippen LogP contribution in [-0.4, -0.2) is 12.7 Å². The van der Waals surface area contributed by atoms with E-state index in [0.29, 0.717) is 4.61 Å². The van der Waals surface area contributed by atoms with Gasteiger partial charge in [-0.25, -0.2) is 8.42 Å². The highest BCUT2D eigenvalue weighted by molar-refractivity contribution is 9.11. The van der Waals surface area contributed by atoms with Crippen LogP contribution in [0.15, 0.2) is 94.4 Å². The van der Waals surface area contributed by atoms with Crippen LogP contribution in [0.3, 0.4) is 0 Å². The molecule has 0 saturated carbocycles. The summed E-state index contributed by atoms with van der Waals surface area (Å²) in [5, 5.41) is 0. The third kappa shape index (κ3) is 4.87. The van der Waals surface area contributed by atoms with Crippen LogP contribution in [0.25, 0.3) is 6.08 Å². The molecule has 3 nitrogen and oxygen atoms in total. The van der Waals surface area contributed by atoms with Gasteiger partial charge in [-0.3, -0.25) is 4.31 Å². The topological polar surface area (TPSA) is 37.4 Å². The number of aryl methyl sites for hydroxylation is 1. The molecule has 27 heavy (non-hydrogen) atoms. The Morgan fingerprint density at radius 2 is 1.44 bits per heavy atom. The highest BCUT2D eigenvalue weighted by Gasteiger charge is 2.25. The van der Waals surface area contributed by atoms with Gasteiger partial charge < -0.3 is 0 Å². The van der Waals surface area contributed by atoms with Gasteiger partial charge in [-0.05, 0) is 52.2 Å². The van der Waals surface area contributed by atoms with E-state index < -0.39 is 10.0 Å². The van der Waals surface area contributed by atoms with Gasteiger partial charge in [0.25, 0.3) is 10.0 Å². The molecule has 0 N–H and O–H groups in total. The predicted molar refractivity (Wildman–Crippen MR) is 114 cm³/mol. The van der Waals surface area contributed by atoms with E-state index in [-0.39, 0.29) is 11.4 Å². The summed E-state index contributed by atoms with van der Waals surface area (Å²) >= 11 is 3.49. The highest BCUT2D eigenvalue weighted by Crippen LogP contribution is 2.28. The van der Waals surface area contributed by atoms with Gasteiger partial charge in [0, 0.05) is 0 Å². The zero-order chi connectivity index (χ0) is 19.3. The molecule has 0 aliphatic carbocycles. The van der Waals surface area contributed by atoms with Gasteiger partial charge in [-0.2, -0.15) is 0 Å². The Labute approximate surface area is 169 Å². The van der Waals surface area contributed by atoms with E-state index in [0.717, 1.165) is 16.7 Å². The smallest absolute Gasteiger partial charge is 0.255 e. The van der Waals surface area contributed by atoms with Crippen LogP contribution in [0, 0.1) is 6.92 Å². The lowest BCUT2D eigenvalue weighted by Gasteiger charge is -2.24. The maximum atomic E-state index is 13.3. The fraction of sp³-hybridized carbons (Fsp3) is 0.0909. The summed E-state index contributed by atoms with van der Waals surface area (Å²) in [6.07, 6.45) is 1.81. The van der Waals surface area contributed by atoms with Crippen LogP contribution in [0.2, 0.25) is 0 Å². The van der Waals surface area contributed by atoms with Gasteiger partial charge in [-0.15, -0.1) is 0 Å². The Bertz CT molecular complexity index is 1010. The maximum Gasteiger partial charge on any atom is 0.265 e. The number of sulfonamides is 1. The van der Waals surface area contributed by atoms with Crippen LogP contribution in [0.4, 0.5) is 0 Å². The first-order chi connectivity index (χ1) is 13.0. The van der Waals surface area contributed by atoms with E-state index in [2.05, 4.69) is 15.9 Å². The molecule has 0 aromatic heterocycles. The number of rotatable bonds is 6. The van der Waals surface area contributed by atoms with E-state index in [1.165, 1.54) is 4.31 Å². The van der Waals surface area contributed by atoms with Crippen molar-refractivity contribution >= 4 is 32.0 Å². The van der Waals surface area contributed by atoms with Crippen LogP contribution in [-0.2, 0) is 16.6 Å². The lowest BCUT2D eigenvalue weighted by Crippen LogP contribution is -2.28. The molecule has 3 aromatic rings. The molecule has 0 spiro atoms. The molecule has 0 aliphatic rings. The second-order valence-corrected chi connectivity index (χ2v) is 8.86. The third-order valence-electron chi connectivity index (χ3n) is 4.10. The number of hydrogen-bond donors (Lipinski definition) is 0. The number of nitrogens with zero attached hydrogens (tertiary/aromatic N) is 1. The molecule has 3 rings (SSSR count). The Kier molecular flexibility index (Phi) is 6.14. The van der Waals surface area contributed by atoms with Gasteiger partial charge in [0.2, 0.25) is 0 Å². The van der Waals surface area contributed by atoms with E-state index >= 15 is 0 Å². The van der Waals surface area contributed by atoms with Crippen molar-refractivity contribution in [3.63, 3.8) is 0 Å². The summed E-state index contributed by atoms with van der Waals surface area (Å²) in [5.74, 6) is 0. The maximum absolute atomic E-state index is 13.3. The van der Waals surface area contributed by atoms with Crippen molar-refractivity contribution in [1.82, 2.24) is 4.31 Å². The van der Waals surface area contributed by atoms with Gasteiger partial charge in [0.15, 0.2) is 0 Å². The molecule has 0 bridgehead atoms. The van der Waals surface area contributed by atoms with E-state index in [4.69, 9.17) is 0 Å². The van der Waals surface area contributed by atoms with E-state index in [9.17, 15) is 8.42 Å². The van der Waals surface area contributed by atoms with E-state index in [1.807, 2.05) is 85.8 Å².